The minimum atomic E-state index is -0.947. The molecule has 15 heavy (non-hydrogen) atoms. The van der Waals surface area contributed by atoms with Crippen LogP contribution in [0, 0.1) is 0 Å². The van der Waals surface area contributed by atoms with Crippen LogP contribution in [0.4, 0.5) is 4.39 Å². The molecule has 6 heteroatoms. The van der Waals surface area contributed by atoms with E-state index in [4.69, 9.17) is 0 Å². The monoisotopic (exact) mass is 215 g/mol. The van der Waals surface area contributed by atoms with Gasteiger partial charge < -0.3 is 15.5 Å². The first-order chi connectivity index (χ1) is 7.16. The number of piperazine rings is 1. The smallest absolute Gasteiger partial charge is 0.240 e. The third-order valence-electron chi connectivity index (χ3n) is 2.73. The highest BCUT2D eigenvalue weighted by atomic mass is 19.1. The van der Waals surface area contributed by atoms with Gasteiger partial charge >= 0.3 is 0 Å². The molecular weight excluding hydrogens is 201 g/mol. The molecule has 0 unspecified atom stereocenters. The molecule has 2 N–H and O–H groups in total. The average Bonchev–Trinajstić information content (AvgIpc) is 2.64. The first-order valence-corrected chi connectivity index (χ1v) is 5.10. The number of carbonyl (C=O) groups is 2. The molecule has 0 aromatic rings. The van der Waals surface area contributed by atoms with E-state index in [2.05, 4.69) is 10.6 Å². The van der Waals surface area contributed by atoms with Gasteiger partial charge in [-0.25, -0.2) is 4.39 Å². The van der Waals surface area contributed by atoms with Crippen LogP contribution in [0.3, 0.4) is 0 Å². The van der Waals surface area contributed by atoms with Gasteiger partial charge in [-0.15, -0.1) is 0 Å². The van der Waals surface area contributed by atoms with Crippen LogP contribution in [-0.2, 0) is 9.59 Å². The minimum absolute atomic E-state index is 0.0912. The molecule has 0 aromatic carbocycles. The largest absolute Gasteiger partial charge is 0.353 e. The number of halogens is 1. The number of hydrogen-bond acceptors (Lipinski definition) is 3. The van der Waals surface area contributed by atoms with Gasteiger partial charge in [0.05, 0.1) is 12.6 Å². The Morgan fingerprint density at radius 3 is 2.93 bits per heavy atom. The van der Waals surface area contributed by atoms with Gasteiger partial charge in [-0.2, -0.15) is 0 Å². The van der Waals surface area contributed by atoms with Gasteiger partial charge in [-0.3, -0.25) is 9.59 Å². The summed E-state index contributed by atoms with van der Waals surface area (Å²) in [6.07, 6.45) is -0.727. The van der Waals surface area contributed by atoms with Crippen molar-refractivity contribution in [2.24, 2.45) is 0 Å². The topological polar surface area (TPSA) is 61.4 Å². The lowest BCUT2D eigenvalue weighted by atomic mass is 10.2. The van der Waals surface area contributed by atoms with E-state index in [0.717, 1.165) is 0 Å². The SMILES string of the molecule is O=C1CN(C(=O)[C@H]2C[C@H](F)CN2)CCN1. The Morgan fingerprint density at radius 2 is 2.33 bits per heavy atom. The number of nitrogens with one attached hydrogen (secondary N) is 2. The molecule has 5 nitrogen and oxygen atoms in total. The molecule has 2 saturated heterocycles. The molecule has 2 heterocycles. The van der Waals surface area contributed by atoms with Crippen molar-refractivity contribution in [1.29, 1.82) is 0 Å². The van der Waals surface area contributed by atoms with Crippen LogP contribution in [0.15, 0.2) is 0 Å². The molecule has 2 atom stereocenters. The summed E-state index contributed by atoms with van der Waals surface area (Å²) in [6, 6.07) is -0.453. The van der Waals surface area contributed by atoms with Gasteiger partial charge in [0.2, 0.25) is 11.8 Å². The lowest BCUT2D eigenvalue weighted by Gasteiger charge is -2.28. The fourth-order valence-electron chi connectivity index (χ4n) is 1.93. The maximum Gasteiger partial charge on any atom is 0.240 e. The Balaban J connectivity index is 1.92. The number of rotatable bonds is 1. The number of hydrogen-bond donors (Lipinski definition) is 2. The Labute approximate surface area is 87.0 Å². The van der Waals surface area contributed by atoms with Gasteiger partial charge in [-0.05, 0) is 0 Å². The molecule has 2 amide bonds. The van der Waals surface area contributed by atoms with Crippen LogP contribution in [0.2, 0.25) is 0 Å². The van der Waals surface area contributed by atoms with Crippen LogP contribution in [-0.4, -0.2) is 55.1 Å². The molecule has 0 aliphatic carbocycles. The summed E-state index contributed by atoms with van der Waals surface area (Å²) < 4.78 is 12.9. The molecule has 84 valence electrons. The average molecular weight is 215 g/mol. The van der Waals surface area contributed by atoms with Crippen molar-refractivity contribution < 1.29 is 14.0 Å². The zero-order valence-electron chi connectivity index (χ0n) is 8.33. The fraction of sp³-hybridized carbons (Fsp3) is 0.778. The standard InChI is InChI=1S/C9H14FN3O2/c10-6-3-7(12-4-6)9(15)13-2-1-11-8(14)5-13/h6-7,12H,1-5H2,(H,11,14)/t6-,7+/m0/s1. The van der Waals surface area contributed by atoms with Crippen LogP contribution in [0.25, 0.3) is 0 Å². The summed E-state index contributed by atoms with van der Waals surface area (Å²) in [4.78, 5) is 24.3. The predicted octanol–water partition coefficient (Wildman–Crippen LogP) is -1.36. The van der Waals surface area contributed by atoms with Crippen LogP contribution in [0.1, 0.15) is 6.42 Å². The van der Waals surface area contributed by atoms with Crippen molar-refractivity contribution >= 4 is 11.8 Å². The summed E-state index contributed by atoms with van der Waals surface area (Å²) in [7, 11) is 0. The fourth-order valence-corrected chi connectivity index (χ4v) is 1.93. The molecule has 0 saturated carbocycles. The molecule has 2 rings (SSSR count). The Hall–Kier alpha value is -1.17. The Kier molecular flexibility index (Phi) is 2.86. The highest BCUT2D eigenvalue weighted by Crippen LogP contribution is 2.12. The van der Waals surface area contributed by atoms with Crippen LogP contribution < -0.4 is 10.6 Å². The van der Waals surface area contributed by atoms with Crippen LogP contribution in [0.5, 0.6) is 0 Å². The third-order valence-corrected chi connectivity index (χ3v) is 2.73. The van der Waals surface area contributed by atoms with Crippen molar-refractivity contribution in [3.05, 3.63) is 0 Å². The van der Waals surface area contributed by atoms with Gasteiger partial charge in [0, 0.05) is 26.1 Å². The summed E-state index contributed by atoms with van der Waals surface area (Å²) in [5.41, 5.74) is 0. The predicted molar refractivity (Wildman–Crippen MR) is 50.9 cm³/mol. The second-order valence-electron chi connectivity index (χ2n) is 3.90. The third kappa shape index (κ3) is 2.26. The molecule has 2 aliphatic heterocycles. The highest BCUT2D eigenvalue weighted by Gasteiger charge is 2.33. The first kappa shape index (κ1) is 10.4. The molecular formula is C9H14FN3O2. The zero-order valence-corrected chi connectivity index (χ0v) is 8.33. The van der Waals surface area contributed by atoms with E-state index in [9.17, 15) is 14.0 Å². The van der Waals surface area contributed by atoms with Gasteiger partial charge in [-0.1, -0.05) is 0 Å². The van der Waals surface area contributed by atoms with Crippen molar-refractivity contribution in [2.45, 2.75) is 18.6 Å². The van der Waals surface area contributed by atoms with E-state index in [1.165, 1.54) is 4.90 Å². The van der Waals surface area contributed by atoms with Crippen molar-refractivity contribution in [2.75, 3.05) is 26.2 Å². The van der Waals surface area contributed by atoms with Gasteiger partial charge in [0.15, 0.2) is 0 Å². The number of nitrogens with zero attached hydrogens (tertiary/aromatic N) is 1. The maximum absolute atomic E-state index is 12.9. The Morgan fingerprint density at radius 1 is 1.53 bits per heavy atom. The molecule has 2 aliphatic rings. The second-order valence-corrected chi connectivity index (χ2v) is 3.90. The summed E-state index contributed by atoms with van der Waals surface area (Å²) >= 11 is 0. The van der Waals surface area contributed by atoms with Gasteiger partial charge in [0.25, 0.3) is 0 Å². The van der Waals surface area contributed by atoms with E-state index in [1.807, 2.05) is 0 Å². The quantitative estimate of drug-likeness (QED) is 0.568. The van der Waals surface area contributed by atoms with E-state index in [0.29, 0.717) is 13.1 Å². The van der Waals surface area contributed by atoms with Gasteiger partial charge in [0.1, 0.15) is 6.17 Å². The van der Waals surface area contributed by atoms with E-state index < -0.39 is 12.2 Å². The molecule has 2 fully saturated rings. The number of amides is 2. The van der Waals surface area contributed by atoms with Crippen LogP contribution >= 0.6 is 0 Å². The van der Waals surface area contributed by atoms with E-state index in [1.54, 1.807) is 0 Å². The zero-order chi connectivity index (χ0) is 10.8. The molecule has 0 aromatic heterocycles. The van der Waals surface area contributed by atoms with E-state index >= 15 is 0 Å². The number of carbonyl (C=O) groups excluding carboxylic acids is 2. The van der Waals surface area contributed by atoms with Crippen molar-refractivity contribution in [3.63, 3.8) is 0 Å². The van der Waals surface area contributed by atoms with Crippen molar-refractivity contribution in [1.82, 2.24) is 15.5 Å². The van der Waals surface area contributed by atoms with Crippen molar-refractivity contribution in [3.8, 4) is 0 Å². The molecule has 0 bridgehead atoms. The highest BCUT2D eigenvalue weighted by molar-refractivity contribution is 5.88. The summed E-state index contributed by atoms with van der Waals surface area (Å²) in [6.45, 7) is 1.32. The molecule has 0 radical (unpaired) electrons. The first-order valence-electron chi connectivity index (χ1n) is 5.10. The normalized spacial score (nSPS) is 31.5. The lowest BCUT2D eigenvalue weighted by Crippen LogP contribution is -2.54. The second kappa shape index (κ2) is 4.14. The summed E-state index contributed by atoms with van der Waals surface area (Å²) in [5.74, 6) is -0.311. The molecule has 0 spiro atoms. The Bertz CT molecular complexity index is 285. The maximum atomic E-state index is 12.9. The lowest BCUT2D eigenvalue weighted by molar-refractivity contribution is -0.139. The number of alkyl halides is 1. The van der Waals surface area contributed by atoms with E-state index in [-0.39, 0.29) is 31.3 Å². The minimum Gasteiger partial charge on any atom is -0.353 e. The summed E-state index contributed by atoms with van der Waals surface area (Å²) in [5, 5.41) is 5.46.